The standard InChI is InChI=1S/C27H41NO3S/c1-2-3-4-5-6-7-8-9-10-14-19-24-25(20-15-18-23-16-12-11-13-17-23)27(32(29,30)31)22-21-26(24)28/h11-13,16-17,21-22H,2-10,14-15,18-20,28H2,1H3,(H,29,30,31). The van der Waals surface area contributed by atoms with Crippen LogP contribution in [0.4, 0.5) is 5.69 Å². The Kier molecular flexibility index (Phi) is 11.8. The smallest absolute Gasteiger partial charge is 0.294 e. The van der Waals surface area contributed by atoms with Crippen LogP contribution in [0.25, 0.3) is 0 Å². The Morgan fingerprint density at radius 1 is 0.688 bits per heavy atom. The Bertz CT molecular complexity index is 895. The quantitative estimate of drug-likeness (QED) is 0.159. The van der Waals surface area contributed by atoms with E-state index in [9.17, 15) is 13.0 Å². The number of aryl methyl sites for hydroxylation is 1. The molecule has 0 aliphatic heterocycles. The molecule has 2 aromatic rings. The number of rotatable bonds is 16. The summed E-state index contributed by atoms with van der Waals surface area (Å²) in [5, 5.41) is 0. The molecule has 0 saturated carbocycles. The van der Waals surface area contributed by atoms with Gasteiger partial charge in [-0.05, 0) is 60.9 Å². The zero-order valence-corrected chi connectivity index (χ0v) is 20.5. The zero-order chi connectivity index (χ0) is 23.2. The van der Waals surface area contributed by atoms with Crippen LogP contribution in [0.2, 0.25) is 0 Å². The molecule has 32 heavy (non-hydrogen) atoms. The van der Waals surface area contributed by atoms with Gasteiger partial charge in [0.15, 0.2) is 0 Å². The summed E-state index contributed by atoms with van der Waals surface area (Å²) < 4.78 is 33.8. The molecule has 0 heterocycles. The predicted molar refractivity (Wildman–Crippen MR) is 135 cm³/mol. The lowest BCUT2D eigenvalue weighted by Crippen LogP contribution is -2.10. The first-order valence-electron chi connectivity index (χ1n) is 12.3. The summed E-state index contributed by atoms with van der Waals surface area (Å²) in [4.78, 5) is 0.0156. The molecule has 0 saturated heterocycles. The monoisotopic (exact) mass is 459 g/mol. The van der Waals surface area contributed by atoms with E-state index in [1.54, 1.807) is 6.07 Å². The third-order valence-corrected chi connectivity index (χ3v) is 7.16. The molecule has 0 aromatic heterocycles. The van der Waals surface area contributed by atoms with Crippen molar-refractivity contribution in [1.82, 2.24) is 0 Å². The van der Waals surface area contributed by atoms with Crippen LogP contribution in [-0.2, 0) is 29.4 Å². The minimum atomic E-state index is -4.28. The van der Waals surface area contributed by atoms with Crippen molar-refractivity contribution in [3.8, 4) is 0 Å². The van der Waals surface area contributed by atoms with Gasteiger partial charge in [-0.1, -0.05) is 95.0 Å². The van der Waals surface area contributed by atoms with Crippen molar-refractivity contribution < 1.29 is 13.0 Å². The van der Waals surface area contributed by atoms with Crippen LogP contribution in [0.15, 0.2) is 47.4 Å². The fraction of sp³-hybridized carbons (Fsp3) is 0.556. The molecule has 0 amide bonds. The van der Waals surface area contributed by atoms with E-state index in [0.29, 0.717) is 17.7 Å². The first-order valence-corrected chi connectivity index (χ1v) is 13.8. The summed E-state index contributed by atoms with van der Waals surface area (Å²) in [5.74, 6) is 0. The molecule has 0 fully saturated rings. The van der Waals surface area contributed by atoms with E-state index >= 15 is 0 Å². The second-order valence-electron chi connectivity index (χ2n) is 8.86. The van der Waals surface area contributed by atoms with Gasteiger partial charge in [0, 0.05) is 5.69 Å². The van der Waals surface area contributed by atoms with E-state index < -0.39 is 10.1 Å². The fourth-order valence-corrected chi connectivity index (χ4v) is 5.18. The van der Waals surface area contributed by atoms with Gasteiger partial charge in [0.1, 0.15) is 0 Å². The van der Waals surface area contributed by atoms with Crippen LogP contribution < -0.4 is 5.73 Å². The lowest BCUT2D eigenvalue weighted by molar-refractivity contribution is 0.481. The Morgan fingerprint density at radius 3 is 1.84 bits per heavy atom. The maximum atomic E-state index is 12.0. The molecule has 0 aliphatic carbocycles. The predicted octanol–water partition coefficient (Wildman–Crippen LogP) is 7.15. The largest absolute Gasteiger partial charge is 0.398 e. The van der Waals surface area contributed by atoms with Gasteiger partial charge in [-0.2, -0.15) is 8.42 Å². The van der Waals surface area contributed by atoms with E-state index in [4.69, 9.17) is 5.73 Å². The van der Waals surface area contributed by atoms with Gasteiger partial charge in [-0.25, -0.2) is 0 Å². The summed E-state index contributed by atoms with van der Waals surface area (Å²) in [6, 6.07) is 13.2. The van der Waals surface area contributed by atoms with Gasteiger partial charge < -0.3 is 5.73 Å². The summed E-state index contributed by atoms with van der Waals surface area (Å²) in [6.45, 7) is 2.24. The average molecular weight is 460 g/mol. The number of benzene rings is 2. The second-order valence-corrected chi connectivity index (χ2v) is 10.2. The first kappa shape index (κ1) is 26.4. The Morgan fingerprint density at radius 2 is 1.25 bits per heavy atom. The molecule has 0 aliphatic rings. The van der Waals surface area contributed by atoms with Crippen molar-refractivity contribution in [2.75, 3.05) is 5.73 Å². The third kappa shape index (κ3) is 9.33. The zero-order valence-electron chi connectivity index (χ0n) is 19.7. The molecule has 2 rings (SSSR count). The number of anilines is 1. The van der Waals surface area contributed by atoms with Crippen molar-refractivity contribution in [1.29, 1.82) is 0 Å². The van der Waals surface area contributed by atoms with Gasteiger partial charge in [0.2, 0.25) is 0 Å². The minimum Gasteiger partial charge on any atom is -0.398 e. The van der Waals surface area contributed by atoms with Crippen molar-refractivity contribution in [3.05, 3.63) is 59.2 Å². The van der Waals surface area contributed by atoms with Crippen molar-refractivity contribution in [2.24, 2.45) is 0 Å². The van der Waals surface area contributed by atoms with Crippen molar-refractivity contribution in [2.45, 2.75) is 102 Å². The molecule has 0 unspecified atom stereocenters. The summed E-state index contributed by atoms with van der Waals surface area (Å²) >= 11 is 0. The van der Waals surface area contributed by atoms with Gasteiger partial charge in [0.25, 0.3) is 10.1 Å². The van der Waals surface area contributed by atoms with Gasteiger partial charge in [0.05, 0.1) is 4.90 Å². The van der Waals surface area contributed by atoms with Crippen LogP contribution in [0, 0.1) is 0 Å². The molecule has 178 valence electrons. The highest BCUT2D eigenvalue weighted by atomic mass is 32.2. The van der Waals surface area contributed by atoms with Gasteiger partial charge in [-0.3, -0.25) is 4.55 Å². The highest BCUT2D eigenvalue weighted by molar-refractivity contribution is 7.85. The minimum absolute atomic E-state index is 0.0156. The lowest BCUT2D eigenvalue weighted by atomic mass is 9.94. The molecule has 2 aromatic carbocycles. The fourth-order valence-electron chi connectivity index (χ4n) is 4.40. The summed E-state index contributed by atoms with van der Waals surface area (Å²) in [5.41, 5.74) is 9.70. The van der Waals surface area contributed by atoms with Crippen LogP contribution in [0.3, 0.4) is 0 Å². The van der Waals surface area contributed by atoms with Crippen LogP contribution in [0.1, 0.15) is 94.2 Å². The van der Waals surface area contributed by atoms with Crippen LogP contribution >= 0.6 is 0 Å². The highest BCUT2D eigenvalue weighted by Crippen LogP contribution is 2.28. The Balaban J connectivity index is 1.92. The average Bonchev–Trinajstić information content (AvgIpc) is 2.76. The van der Waals surface area contributed by atoms with E-state index in [2.05, 4.69) is 19.1 Å². The molecular weight excluding hydrogens is 418 g/mol. The van der Waals surface area contributed by atoms with E-state index in [1.165, 1.54) is 63.0 Å². The van der Waals surface area contributed by atoms with E-state index in [0.717, 1.165) is 37.7 Å². The summed E-state index contributed by atoms with van der Waals surface area (Å²) in [7, 11) is -4.28. The molecular formula is C27H41NO3S. The number of nitrogens with two attached hydrogens (primary N) is 1. The Labute approximate surface area is 195 Å². The molecule has 4 nitrogen and oxygen atoms in total. The van der Waals surface area contributed by atoms with Crippen molar-refractivity contribution >= 4 is 15.8 Å². The van der Waals surface area contributed by atoms with Crippen LogP contribution in [-0.4, -0.2) is 13.0 Å². The molecule has 0 atom stereocenters. The number of nitrogen functional groups attached to an aromatic ring is 1. The van der Waals surface area contributed by atoms with Crippen molar-refractivity contribution in [3.63, 3.8) is 0 Å². The SMILES string of the molecule is CCCCCCCCCCCCc1c(N)ccc(S(=O)(=O)O)c1CCCc1ccccc1. The number of hydrogen-bond acceptors (Lipinski definition) is 3. The number of unbranched alkanes of at least 4 members (excludes halogenated alkanes) is 9. The number of hydrogen-bond donors (Lipinski definition) is 2. The first-order chi connectivity index (χ1) is 15.4. The van der Waals surface area contributed by atoms with E-state index in [-0.39, 0.29) is 4.90 Å². The second kappa shape index (κ2) is 14.3. The topological polar surface area (TPSA) is 80.4 Å². The van der Waals surface area contributed by atoms with Crippen LogP contribution in [0.5, 0.6) is 0 Å². The molecule has 3 N–H and O–H groups in total. The maximum Gasteiger partial charge on any atom is 0.294 e. The maximum absolute atomic E-state index is 12.0. The van der Waals surface area contributed by atoms with Gasteiger partial charge in [-0.15, -0.1) is 0 Å². The van der Waals surface area contributed by atoms with E-state index in [1.807, 2.05) is 18.2 Å². The molecule has 5 heteroatoms. The normalized spacial score (nSPS) is 11.7. The van der Waals surface area contributed by atoms with Gasteiger partial charge >= 0.3 is 0 Å². The Hall–Kier alpha value is -1.85. The molecule has 0 spiro atoms. The summed E-state index contributed by atoms with van der Waals surface area (Å²) in [6.07, 6.45) is 15.5. The molecule has 0 bridgehead atoms. The lowest BCUT2D eigenvalue weighted by Gasteiger charge is -2.16. The molecule has 0 radical (unpaired) electrons. The highest BCUT2D eigenvalue weighted by Gasteiger charge is 2.20. The third-order valence-electron chi connectivity index (χ3n) is 6.22.